The number of halogens is 2. The minimum atomic E-state index is -0.437. The van der Waals surface area contributed by atoms with E-state index in [4.69, 9.17) is 17.3 Å². The van der Waals surface area contributed by atoms with Gasteiger partial charge in [-0.05, 0) is 31.5 Å². The lowest BCUT2D eigenvalue weighted by Crippen LogP contribution is -2.32. The Hall–Kier alpha value is -1.13. The maximum Gasteiger partial charge on any atom is 0.218 e. The van der Waals surface area contributed by atoms with Crippen LogP contribution in [0.5, 0.6) is 0 Å². The summed E-state index contributed by atoms with van der Waals surface area (Å²) in [5.74, 6) is -0.790. The van der Waals surface area contributed by atoms with Crippen molar-refractivity contribution in [3.8, 4) is 0 Å². The van der Waals surface area contributed by atoms with Crippen LogP contribution in [0.25, 0.3) is 0 Å². The summed E-state index contributed by atoms with van der Waals surface area (Å²) in [4.78, 5) is 10.7. The highest BCUT2D eigenvalue weighted by Crippen LogP contribution is 2.21. The van der Waals surface area contributed by atoms with Crippen LogP contribution in [0.15, 0.2) is 18.2 Å². The first-order chi connectivity index (χ1) is 7.90. The van der Waals surface area contributed by atoms with Gasteiger partial charge in [0.05, 0.1) is 5.02 Å². The standard InChI is InChI=1S/C12H16ClFN2O/c1-7(5-12(15)17)16-8(2)9-3-4-11(14)10(13)6-9/h3-4,6-8,16H,5H2,1-2H3,(H2,15,17). The zero-order valence-electron chi connectivity index (χ0n) is 9.84. The van der Waals surface area contributed by atoms with Crippen molar-refractivity contribution in [2.24, 2.45) is 5.73 Å². The molecule has 0 spiro atoms. The molecule has 94 valence electrons. The van der Waals surface area contributed by atoms with E-state index in [0.717, 1.165) is 5.56 Å². The van der Waals surface area contributed by atoms with Gasteiger partial charge in [-0.15, -0.1) is 0 Å². The molecule has 0 radical (unpaired) electrons. The summed E-state index contributed by atoms with van der Waals surface area (Å²) in [5.41, 5.74) is 5.97. The van der Waals surface area contributed by atoms with Gasteiger partial charge >= 0.3 is 0 Å². The lowest BCUT2D eigenvalue weighted by molar-refractivity contribution is -0.118. The van der Waals surface area contributed by atoms with E-state index >= 15 is 0 Å². The summed E-state index contributed by atoms with van der Waals surface area (Å²) in [7, 11) is 0. The Kier molecular flexibility index (Phi) is 4.90. The molecule has 0 saturated carbocycles. The fraction of sp³-hybridized carbons (Fsp3) is 0.417. The summed E-state index contributed by atoms with van der Waals surface area (Å²) >= 11 is 5.70. The predicted molar refractivity (Wildman–Crippen MR) is 66.2 cm³/mol. The molecule has 3 N–H and O–H groups in total. The molecule has 0 heterocycles. The van der Waals surface area contributed by atoms with Gasteiger partial charge in [0.2, 0.25) is 5.91 Å². The maximum atomic E-state index is 13.0. The minimum absolute atomic E-state index is 0.0255. The Morgan fingerprint density at radius 1 is 1.53 bits per heavy atom. The van der Waals surface area contributed by atoms with Crippen LogP contribution >= 0.6 is 11.6 Å². The number of primary amides is 1. The molecular formula is C12H16ClFN2O. The van der Waals surface area contributed by atoms with Gasteiger partial charge in [-0.3, -0.25) is 4.79 Å². The fourth-order valence-corrected chi connectivity index (χ4v) is 1.85. The summed E-state index contributed by atoms with van der Waals surface area (Å²) in [5, 5.41) is 3.29. The van der Waals surface area contributed by atoms with Crippen molar-refractivity contribution in [1.82, 2.24) is 5.32 Å². The Labute approximate surface area is 105 Å². The molecule has 17 heavy (non-hydrogen) atoms. The number of nitrogens with two attached hydrogens (primary N) is 1. The molecule has 3 nitrogen and oxygen atoms in total. The third-order valence-corrected chi connectivity index (χ3v) is 2.78. The quantitative estimate of drug-likeness (QED) is 0.852. The molecule has 2 unspecified atom stereocenters. The van der Waals surface area contributed by atoms with E-state index in [2.05, 4.69) is 5.32 Å². The highest BCUT2D eigenvalue weighted by Gasteiger charge is 2.12. The zero-order valence-corrected chi connectivity index (χ0v) is 10.6. The lowest BCUT2D eigenvalue weighted by atomic mass is 10.1. The molecule has 0 saturated heterocycles. The second-order valence-corrected chi connectivity index (χ2v) is 4.54. The van der Waals surface area contributed by atoms with Crippen LogP contribution in [0, 0.1) is 5.82 Å². The van der Waals surface area contributed by atoms with Gasteiger partial charge < -0.3 is 11.1 Å². The molecule has 5 heteroatoms. The Morgan fingerprint density at radius 3 is 2.71 bits per heavy atom. The van der Waals surface area contributed by atoms with E-state index in [9.17, 15) is 9.18 Å². The molecule has 1 aromatic carbocycles. The van der Waals surface area contributed by atoms with Crippen LogP contribution < -0.4 is 11.1 Å². The van der Waals surface area contributed by atoms with Gasteiger partial charge in [0.15, 0.2) is 0 Å². The van der Waals surface area contributed by atoms with E-state index in [1.54, 1.807) is 12.1 Å². The number of hydrogen-bond acceptors (Lipinski definition) is 2. The Bertz CT molecular complexity index is 411. The Morgan fingerprint density at radius 2 is 2.18 bits per heavy atom. The highest BCUT2D eigenvalue weighted by molar-refractivity contribution is 6.30. The molecule has 0 bridgehead atoms. The van der Waals surface area contributed by atoms with Crippen molar-refractivity contribution in [1.29, 1.82) is 0 Å². The Balaban J connectivity index is 2.66. The van der Waals surface area contributed by atoms with Crippen LogP contribution in [0.4, 0.5) is 4.39 Å². The van der Waals surface area contributed by atoms with Crippen molar-refractivity contribution in [2.75, 3.05) is 0 Å². The van der Waals surface area contributed by atoms with Crippen molar-refractivity contribution in [3.05, 3.63) is 34.6 Å². The number of carbonyl (C=O) groups is 1. The van der Waals surface area contributed by atoms with E-state index in [1.165, 1.54) is 6.07 Å². The molecule has 2 atom stereocenters. The molecule has 0 fully saturated rings. The largest absolute Gasteiger partial charge is 0.370 e. The van der Waals surface area contributed by atoms with E-state index in [-0.39, 0.29) is 29.4 Å². The normalized spacial score (nSPS) is 14.4. The van der Waals surface area contributed by atoms with Crippen LogP contribution in [0.3, 0.4) is 0 Å². The number of nitrogens with one attached hydrogen (secondary N) is 1. The summed E-state index contributed by atoms with van der Waals surface area (Å²) in [6, 6.07) is 4.50. The van der Waals surface area contributed by atoms with Gasteiger partial charge in [0.1, 0.15) is 5.82 Å². The molecule has 0 aromatic heterocycles. The highest BCUT2D eigenvalue weighted by atomic mass is 35.5. The first-order valence-corrected chi connectivity index (χ1v) is 5.77. The van der Waals surface area contributed by atoms with Crippen molar-refractivity contribution in [2.45, 2.75) is 32.4 Å². The SMILES string of the molecule is CC(CC(N)=O)NC(C)c1ccc(F)c(Cl)c1. The van der Waals surface area contributed by atoms with E-state index in [1.807, 2.05) is 13.8 Å². The third-order valence-electron chi connectivity index (χ3n) is 2.49. The molecule has 1 rings (SSSR count). The van der Waals surface area contributed by atoms with Crippen molar-refractivity contribution >= 4 is 17.5 Å². The second kappa shape index (κ2) is 5.98. The molecule has 0 aliphatic heterocycles. The number of carbonyl (C=O) groups excluding carboxylic acids is 1. The number of hydrogen-bond donors (Lipinski definition) is 2. The molecule has 0 aliphatic rings. The van der Waals surface area contributed by atoms with Gasteiger partial charge in [-0.2, -0.15) is 0 Å². The maximum absolute atomic E-state index is 13.0. The van der Waals surface area contributed by atoms with E-state index in [0.29, 0.717) is 0 Å². The van der Waals surface area contributed by atoms with Gasteiger partial charge in [-0.1, -0.05) is 17.7 Å². The van der Waals surface area contributed by atoms with Gasteiger partial charge in [-0.25, -0.2) is 4.39 Å². The summed E-state index contributed by atoms with van der Waals surface area (Å²) in [6.45, 7) is 3.79. The summed E-state index contributed by atoms with van der Waals surface area (Å²) in [6.07, 6.45) is 0.263. The van der Waals surface area contributed by atoms with Gasteiger partial charge in [0.25, 0.3) is 0 Å². The molecule has 0 aliphatic carbocycles. The molecule has 1 aromatic rings. The van der Waals surface area contributed by atoms with Crippen LogP contribution in [0.2, 0.25) is 5.02 Å². The number of rotatable bonds is 5. The van der Waals surface area contributed by atoms with Crippen LogP contribution in [-0.4, -0.2) is 11.9 Å². The first-order valence-electron chi connectivity index (χ1n) is 5.39. The lowest BCUT2D eigenvalue weighted by Gasteiger charge is -2.19. The predicted octanol–water partition coefficient (Wildman–Crippen LogP) is 2.39. The topological polar surface area (TPSA) is 55.1 Å². The zero-order chi connectivity index (χ0) is 13.0. The summed E-state index contributed by atoms with van der Waals surface area (Å²) < 4.78 is 13.0. The number of benzene rings is 1. The average molecular weight is 259 g/mol. The van der Waals surface area contributed by atoms with Gasteiger partial charge in [0, 0.05) is 18.5 Å². The molecular weight excluding hydrogens is 243 g/mol. The van der Waals surface area contributed by atoms with Crippen LogP contribution in [-0.2, 0) is 4.79 Å². The fourth-order valence-electron chi connectivity index (χ4n) is 1.67. The molecule has 1 amide bonds. The first kappa shape index (κ1) is 13.9. The van der Waals surface area contributed by atoms with E-state index < -0.39 is 5.82 Å². The third kappa shape index (κ3) is 4.32. The van der Waals surface area contributed by atoms with Crippen molar-refractivity contribution in [3.63, 3.8) is 0 Å². The monoisotopic (exact) mass is 258 g/mol. The minimum Gasteiger partial charge on any atom is -0.370 e. The average Bonchev–Trinajstić information content (AvgIpc) is 2.20. The number of amides is 1. The smallest absolute Gasteiger partial charge is 0.218 e. The second-order valence-electron chi connectivity index (χ2n) is 4.13. The van der Waals surface area contributed by atoms with Crippen LogP contribution in [0.1, 0.15) is 31.9 Å². The van der Waals surface area contributed by atoms with Crippen molar-refractivity contribution < 1.29 is 9.18 Å².